The standard InChI is InChI=1S/C11H19N3O2.H2/c1-7(15)9-6-13-10-5-3-4-8(12-2)11(16)14(9)10;/h8-10,12-13H,3-6H2,1-2H3;1H. The molecule has 3 atom stereocenters. The third-order valence-corrected chi connectivity index (χ3v) is 3.56. The van der Waals surface area contributed by atoms with Crippen LogP contribution in [0.25, 0.3) is 0 Å². The molecule has 1 amide bonds. The summed E-state index contributed by atoms with van der Waals surface area (Å²) in [7, 11) is 1.80. The van der Waals surface area contributed by atoms with Gasteiger partial charge in [-0.25, -0.2) is 0 Å². The summed E-state index contributed by atoms with van der Waals surface area (Å²) in [5.41, 5.74) is 0. The van der Waals surface area contributed by atoms with Crippen molar-refractivity contribution in [2.75, 3.05) is 13.6 Å². The maximum atomic E-state index is 12.2. The monoisotopic (exact) mass is 227 g/mol. The van der Waals surface area contributed by atoms with Crippen LogP contribution in [0.5, 0.6) is 0 Å². The van der Waals surface area contributed by atoms with E-state index in [-0.39, 0.29) is 31.4 Å². The minimum Gasteiger partial charge on any atom is -0.314 e. The second-order valence-corrected chi connectivity index (χ2v) is 4.57. The number of Topliss-reactive ketones (excluding diaryl/α,β-unsaturated/α-hetero) is 1. The molecule has 0 bridgehead atoms. The maximum absolute atomic E-state index is 12.2. The lowest BCUT2D eigenvalue weighted by Crippen LogP contribution is -2.51. The Labute approximate surface area is 97.0 Å². The van der Waals surface area contributed by atoms with Crippen LogP contribution in [0.4, 0.5) is 0 Å². The number of amides is 1. The molecule has 0 aliphatic carbocycles. The summed E-state index contributed by atoms with van der Waals surface area (Å²) >= 11 is 0. The molecule has 0 spiro atoms. The third-order valence-electron chi connectivity index (χ3n) is 3.56. The van der Waals surface area contributed by atoms with Crippen LogP contribution in [0.3, 0.4) is 0 Å². The molecule has 2 heterocycles. The van der Waals surface area contributed by atoms with Crippen molar-refractivity contribution in [3.8, 4) is 0 Å². The molecular weight excluding hydrogens is 206 g/mol. The Morgan fingerprint density at radius 3 is 2.94 bits per heavy atom. The Morgan fingerprint density at radius 1 is 1.56 bits per heavy atom. The molecule has 2 N–H and O–H groups in total. The van der Waals surface area contributed by atoms with E-state index in [1.165, 1.54) is 0 Å². The number of ketones is 1. The Hall–Kier alpha value is -0.940. The fourth-order valence-corrected chi connectivity index (χ4v) is 2.64. The fourth-order valence-electron chi connectivity index (χ4n) is 2.64. The van der Waals surface area contributed by atoms with Gasteiger partial charge in [-0.3, -0.25) is 14.9 Å². The van der Waals surface area contributed by atoms with Gasteiger partial charge < -0.3 is 10.2 Å². The highest BCUT2D eigenvalue weighted by Gasteiger charge is 2.42. The van der Waals surface area contributed by atoms with E-state index < -0.39 is 0 Å². The lowest BCUT2D eigenvalue weighted by molar-refractivity contribution is -0.139. The van der Waals surface area contributed by atoms with E-state index in [1.54, 1.807) is 18.9 Å². The summed E-state index contributed by atoms with van der Waals surface area (Å²) in [5.74, 6) is 0.135. The van der Waals surface area contributed by atoms with Crippen molar-refractivity contribution in [2.24, 2.45) is 0 Å². The Balaban J connectivity index is 0.00000144. The van der Waals surface area contributed by atoms with E-state index in [0.29, 0.717) is 6.54 Å². The molecule has 2 saturated heterocycles. The second kappa shape index (κ2) is 4.51. The smallest absolute Gasteiger partial charge is 0.241 e. The number of hydrogen-bond acceptors (Lipinski definition) is 4. The van der Waals surface area contributed by atoms with Crippen molar-refractivity contribution in [2.45, 2.75) is 44.4 Å². The highest BCUT2D eigenvalue weighted by Crippen LogP contribution is 2.23. The highest BCUT2D eigenvalue weighted by molar-refractivity contribution is 5.90. The molecule has 0 aromatic carbocycles. The zero-order valence-corrected chi connectivity index (χ0v) is 9.82. The molecule has 2 fully saturated rings. The van der Waals surface area contributed by atoms with Gasteiger partial charge in [0, 0.05) is 7.97 Å². The van der Waals surface area contributed by atoms with Crippen molar-refractivity contribution in [3.05, 3.63) is 0 Å². The van der Waals surface area contributed by atoms with Crippen molar-refractivity contribution < 1.29 is 11.0 Å². The molecule has 0 aromatic heterocycles. The summed E-state index contributed by atoms with van der Waals surface area (Å²) in [6.45, 7) is 2.16. The minimum atomic E-state index is -0.272. The van der Waals surface area contributed by atoms with E-state index in [2.05, 4.69) is 10.6 Å². The molecule has 92 valence electrons. The maximum Gasteiger partial charge on any atom is 0.241 e. The van der Waals surface area contributed by atoms with Crippen LogP contribution in [0.15, 0.2) is 0 Å². The van der Waals surface area contributed by atoms with E-state index in [1.807, 2.05) is 0 Å². The fraction of sp³-hybridized carbons (Fsp3) is 0.818. The van der Waals surface area contributed by atoms with Crippen LogP contribution >= 0.6 is 0 Å². The van der Waals surface area contributed by atoms with Crippen LogP contribution in [0.1, 0.15) is 27.6 Å². The Bertz CT molecular complexity index is 311. The summed E-state index contributed by atoms with van der Waals surface area (Å²) in [6, 6.07) is -0.404. The van der Waals surface area contributed by atoms with E-state index >= 15 is 0 Å². The first-order chi connectivity index (χ1) is 7.65. The lowest BCUT2D eigenvalue weighted by Gasteiger charge is -2.28. The number of rotatable bonds is 2. The van der Waals surface area contributed by atoms with Gasteiger partial charge in [-0.05, 0) is 33.2 Å². The van der Waals surface area contributed by atoms with Gasteiger partial charge in [0.1, 0.15) is 6.04 Å². The normalized spacial score (nSPS) is 34.8. The molecule has 2 aliphatic rings. The third kappa shape index (κ3) is 1.85. The number of carbonyl (C=O) groups is 2. The number of carbonyl (C=O) groups excluding carboxylic acids is 2. The van der Waals surface area contributed by atoms with Gasteiger partial charge in [0.2, 0.25) is 5.91 Å². The summed E-state index contributed by atoms with van der Waals surface area (Å²) in [5, 5.41) is 6.30. The topological polar surface area (TPSA) is 61.4 Å². The van der Waals surface area contributed by atoms with Crippen LogP contribution in [0, 0.1) is 0 Å². The van der Waals surface area contributed by atoms with E-state index in [0.717, 1.165) is 19.3 Å². The molecular formula is C11H21N3O2. The first kappa shape index (κ1) is 11.5. The average molecular weight is 227 g/mol. The van der Waals surface area contributed by atoms with Gasteiger partial charge in [0.05, 0.1) is 12.2 Å². The number of nitrogens with one attached hydrogen (secondary N) is 2. The highest BCUT2D eigenvalue weighted by atomic mass is 16.2. The summed E-state index contributed by atoms with van der Waals surface area (Å²) in [4.78, 5) is 25.5. The largest absolute Gasteiger partial charge is 0.314 e. The zero-order valence-electron chi connectivity index (χ0n) is 9.82. The summed E-state index contributed by atoms with van der Waals surface area (Å²) in [6.07, 6.45) is 2.86. The molecule has 0 radical (unpaired) electrons. The SMILES string of the molecule is CNC1CCCC2NCC(C(C)=O)N2C1=O.[HH]. The van der Waals surface area contributed by atoms with Gasteiger partial charge in [-0.2, -0.15) is 0 Å². The quantitative estimate of drug-likeness (QED) is 0.681. The number of hydrogen-bond donors (Lipinski definition) is 2. The molecule has 16 heavy (non-hydrogen) atoms. The minimum absolute atomic E-state index is 0. The molecule has 0 saturated carbocycles. The first-order valence-electron chi connectivity index (χ1n) is 5.88. The van der Waals surface area contributed by atoms with Crippen molar-refractivity contribution in [1.29, 1.82) is 0 Å². The number of likely N-dealkylation sites (N-methyl/N-ethyl adjacent to an activating group) is 1. The predicted octanol–water partition coefficient (Wildman–Crippen LogP) is -0.280. The average Bonchev–Trinajstić information content (AvgIpc) is 2.61. The number of nitrogens with zero attached hydrogens (tertiary/aromatic N) is 1. The van der Waals surface area contributed by atoms with Gasteiger partial charge >= 0.3 is 0 Å². The summed E-state index contributed by atoms with van der Waals surface area (Å²) < 4.78 is 0. The predicted molar refractivity (Wildman–Crippen MR) is 61.9 cm³/mol. The molecule has 0 aromatic rings. The molecule has 3 unspecified atom stereocenters. The van der Waals surface area contributed by atoms with Gasteiger partial charge in [-0.15, -0.1) is 0 Å². The molecule has 2 aliphatic heterocycles. The van der Waals surface area contributed by atoms with Crippen LogP contribution in [0.2, 0.25) is 0 Å². The van der Waals surface area contributed by atoms with Crippen LogP contribution in [-0.4, -0.2) is 48.4 Å². The first-order valence-corrected chi connectivity index (χ1v) is 5.88. The molecule has 5 heteroatoms. The van der Waals surface area contributed by atoms with E-state index in [9.17, 15) is 9.59 Å². The van der Waals surface area contributed by atoms with Crippen molar-refractivity contribution in [1.82, 2.24) is 15.5 Å². The Morgan fingerprint density at radius 2 is 2.31 bits per heavy atom. The molecule has 2 rings (SSSR count). The van der Waals surface area contributed by atoms with Crippen molar-refractivity contribution in [3.63, 3.8) is 0 Å². The van der Waals surface area contributed by atoms with Gasteiger partial charge in [0.25, 0.3) is 0 Å². The number of fused-ring (bicyclic) bond motifs is 1. The van der Waals surface area contributed by atoms with E-state index in [4.69, 9.17) is 0 Å². The van der Waals surface area contributed by atoms with Gasteiger partial charge in [0.15, 0.2) is 5.78 Å². The second-order valence-electron chi connectivity index (χ2n) is 4.57. The Kier molecular flexibility index (Phi) is 3.25. The van der Waals surface area contributed by atoms with Crippen molar-refractivity contribution >= 4 is 11.7 Å². The zero-order chi connectivity index (χ0) is 11.7. The molecule has 5 nitrogen and oxygen atoms in total. The van der Waals surface area contributed by atoms with Gasteiger partial charge in [-0.1, -0.05) is 0 Å². The van der Waals surface area contributed by atoms with Crippen LogP contribution in [-0.2, 0) is 9.59 Å². The van der Waals surface area contributed by atoms with Crippen LogP contribution < -0.4 is 10.6 Å². The lowest BCUT2D eigenvalue weighted by atomic mass is 10.1.